The van der Waals surface area contributed by atoms with Crippen LogP contribution in [0.1, 0.15) is 47.1 Å². The van der Waals surface area contributed by atoms with Crippen LogP contribution in [0.2, 0.25) is 0 Å². The largest absolute Gasteiger partial charge is 0.488 e. The minimum absolute atomic E-state index is 0.116. The summed E-state index contributed by atoms with van der Waals surface area (Å²) in [5.41, 5.74) is 0.223. The van der Waals surface area contributed by atoms with Gasteiger partial charge in [-0.3, -0.25) is 4.79 Å². The molecule has 0 aliphatic heterocycles. The number of hydrogen-bond donors (Lipinski definition) is 2. The van der Waals surface area contributed by atoms with Crippen LogP contribution in [0.3, 0.4) is 0 Å². The Balaban J connectivity index is 3.26. The van der Waals surface area contributed by atoms with Gasteiger partial charge >= 0.3 is 13.1 Å². The van der Waals surface area contributed by atoms with Crippen molar-refractivity contribution >= 4 is 24.8 Å². The van der Waals surface area contributed by atoms with E-state index in [1.807, 2.05) is 0 Å². The van der Waals surface area contributed by atoms with Gasteiger partial charge in [0.2, 0.25) is 0 Å². The standard InChI is InChI=1S/C13H17BO5/c1-8-10(7-15)5-9(6-11(8)14(17)18)12(16)19-13(2,3)4/h5-7,17-18H,1-4H3. The van der Waals surface area contributed by atoms with Crippen LogP contribution in [0.15, 0.2) is 12.1 Å². The summed E-state index contributed by atoms with van der Waals surface area (Å²) in [4.78, 5) is 22.9. The quantitative estimate of drug-likeness (QED) is 0.470. The van der Waals surface area contributed by atoms with Crippen molar-refractivity contribution in [2.45, 2.75) is 33.3 Å². The van der Waals surface area contributed by atoms with Crippen molar-refractivity contribution in [2.24, 2.45) is 0 Å². The molecule has 0 aliphatic carbocycles. The molecule has 2 N–H and O–H groups in total. The average Bonchev–Trinajstić information content (AvgIpc) is 2.26. The molecule has 0 amide bonds. The van der Waals surface area contributed by atoms with Gasteiger partial charge in [0.1, 0.15) is 11.9 Å². The van der Waals surface area contributed by atoms with Gasteiger partial charge < -0.3 is 14.8 Å². The van der Waals surface area contributed by atoms with E-state index in [0.29, 0.717) is 11.8 Å². The number of esters is 1. The molecule has 0 bridgehead atoms. The fourth-order valence-corrected chi connectivity index (χ4v) is 1.61. The summed E-state index contributed by atoms with van der Waals surface area (Å²) < 4.78 is 5.18. The maximum atomic E-state index is 11.9. The van der Waals surface area contributed by atoms with Crippen LogP contribution in [-0.4, -0.2) is 35.0 Å². The zero-order chi connectivity index (χ0) is 14.8. The molecular weight excluding hydrogens is 247 g/mol. The van der Waals surface area contributed by atoms with Crippen molar-refractivity contribution in [2.75, 3.05) is 0 Å². The van der Waals surface area contributed by atoms with Crippen molar-refractivity contribution in [1.82, 2.24) is 0 Å². The molecule has 5 nitrogen and oxygen atoms in total. The molecular formula is C13H17BO5. The highest BCUT2D eigenvalue weighted by Crippen LogP contribution is 2.14. The molecule has 0 saturated heterocycles. The molecule has 6 heteroatoms. The van der Waals surface area contributed by atoms with E-state index >= 15 is 0 Å². The van der Waals surface area contributed by atoms with Crippen LogP contribution < -0.4 is 5.46 Å². The third kappa shape index (κ3) is 3.91. The van der Waals surface area contributed by atoms with Crippen molar-refractivity contribution in [3.8, 4) is 0 Å². The van der Waals surface area contributed by atoms with Crippen molar-refractivity contribution in [3.63, 3.8) is 0 Å². The van der Waals surface area contributed by atoms with Gasteiger partial charge in [-0.25, -0.2) is 4.79 Å². The fourth-order valence-electron chi connectivity index (χ4n) is 1.61. The summed E-state index contributed by atoms with van der Waals surface area (Å²) in [6.07, 6.45) is 0.565. The van der Waals surface area contributed by atoms with Gasteiger partial charge in [0.25, 0.3) is 0 Å². The van der Waals surface area contributed by atoms with Crippen LogP contribution in [0.5, 0.6) is 0 Å². The number of carbonyl (C=O) groups is 2. The van der Waals surface area contributed by atoms with E-state index in [1.54, 1.807) is 27.7 Å². The number of aldehydes is 1. The second kappa shape index (κ2) is 5.55. The predicted molar refractivity (Wildman–Crippen MR) is 71.6 cm³/mol. The Labute approximate surface area is 112 Å². The summed E-state index contributed by atoms with van der Waals surface area (Å²) in [5, 5.41) is 18.5. The first kappa shape index (κ1) is 15.4. The van der Waals surface area contributed by atoms with Gasteiger partial charge in [-0.2, -0.15) is 0 Å². The van der Waals surface area contributed by atoms with Gasteiger partial charge in [0, 0.05) is 5.56 Å². The van der Waals surface area contributed by atoms with Gasteiger partial charge in [-0.1, -0.05) is 0 Å². The summed E-state index contributed by atoms with van der Waals surface area (Å²) in [6.45, 7) is 6.75. The topological polar surface area (TPSA) is 83.8 Å². The molecule has 0 heterocycles. The second-order valence-electron chi connectivity index (χ2n) is 5.27. The molecule has 0 fully saturated rings. The summed E-state index contributed by atoms with van der Waals surface area (Å²) in [7, 11) is -1.75. The predicted octanol–water partition coefficient (Wildman–Crippen LogP) is 0.443. The lowest BCUT2D eigenvalue weighted by atomic mass is 9.75. The Kier molecular flexibility index (Phi) is 4.50. The first-order valence-corrected chi connectivity index (χ1v) is 5.85. The molecule has 1 aromatic rings. The van der Waals surface area contributed by atoms with E-state index < -0.39 is 18.7 Å². The molecule has 0 aromatic heterocycles. The maximum Gasteiger partial charge on any atom is 0.488 e. The summed E-state index contributed by atoms with van der Waals surface area (Å²) >= 11 is 0. The Morgan fingerprint density at radius 3 is 2.32 bits per heavy atom. The van der Waals surface area contributed by atoms with E-state index in [0.717, 1.165) is 0 Å². The van der Waals surface area contributed by atoms with Crippen LogP contribution in [0.4, 0.5) is 0 Å². The Hall–Kier alpha value is -1.66. The van der Waals surface area contributed by atoms with Crippen LogP contribution in [0.25, 0.3) is 0 Å². The zero-order valence-corrected chi connectivity index (χ0v) is 11.4. The first-order chi connectivity index (χ1) is 8.65. The van der Waals surface area contributed by atoms with Crippen LogP contribution >= 0.6 is 0 Å². The van der Waals surface area contributed by atoms with Crippen LogP contribution in [-0.2, 0) is 4.74 Å². The van der Waals surface area contributed by atoms with Crippen molar-refractivity contribution in [1.29, 1.82) is 0 Å². The molecule has 0 unspecified atom stereocenters. The molecule has 1 rings (SSSR count). The molecule has 0 saturated carbocycles. The first-order valence-electron chi connectivity index (χ1n) is 5.85. The van der Waals surface area contributed by atoms with Crippen molar-refractivity contribution < 1.29 is 24.4 Å². The lowest BCUT2D eigenvalue weighted by molar-refractivity contribution is 0.00696. The third-order valence-corrected chi connectivity index (χ3v) is 2.53. The molecule has 0 atom stereocenters. The van der Waals surface area contributed by atoms with E-state index in [-0.39, 0.29) is 16.6 Å². The van der Waals surface area contributed by atoms with Gasteiger partial charge in [0.15, 0.2) is 0 Å². The monoisotopic (exact) mass is 264 g/mol. The lowest BCUT2D eigenvalue weighted by Gasteiger charge is -2.20. The molecule has 0 radical (unpaired) electrons. The molecule has 1 aromatic carbocycles. The smallest absolute Gasteiger partial charge is 0.456 e. The SMILES string of the molecule is Cc1c(C=O)cc(C(=O)OC(C)(C)C)cc1B(O)O. The van der Waals surface area contributed by atoms with E-state index in [9.17, 15) is 19.6 Å². The highest BCUT2D eigenvalue weighted by Gasteiger charge is 2.23. The number of benzene rings is 1. The Bertz CT molecular complexity index is 502. The highest BCUT2D eigenvalue weighted by atomic mass is 16.6. The van der Waals surface area contributed by atoms with E-state index in [1.165, 1.54) is 12.1 Å². The minimum atomic E-state index is -1.75. The van der Waals surface area contributed by atoms with Gasteiger partial charge in [0.05, 0.1) is 5.56 Å². The van der Waals surface area contributed by atoms with Crippen molar-refractivity contribution in [3.05, 3.63) is 28.8 Å². The molecule has 0 aliphatic rings. The Morgan fingerprint density at radius 2 is 1.89 bits per heavy atom. The fraction of sp³-hybridized carbons (Fsp3) is 0.385. The second-order valence-corrected chi connectivity index (χ2v) is 5.27. The van der Waals surface area contributed by atoms with Gasteiger partial charge in [-0.05, 0) is 50.9 Å². The highest BCUT2D eigenvalue weighted by molar-refractivity contribution is 6.59. The maximum absolute atomic E-state index is 11.9. The number of rotatable bonds is 3. The van der Waals surface area contributed by atoms with E-state index in [2.05, 4.69) is 0 Å². The normalized spacial score (nSPS) is 11.1. The number of ether oxygens (including phenoxy) is 1. The number of carbonyl (C=O) groups excluding carboxylic acids is 2. The summed E-state index contributed by atoms with van der Waals surface area (Å²) in [5.74, 6) is -0.613. The average molecular weight is 264 g/mol. The summed E-state index contributed by atoms with van der Waals surface area (Å²) in [6, 6.07) is 2.70. The zero-order valence-electron chi connectivity index (χ0n) is 11.4. The number of hydrogen-bond acceptors (Lipinski definition) is 5. The van der Waals surface area contributed by atoms with Crippen LogP contribution in [0, 0.1) is 6.92 Å². The molecule has 102 valence electrons. The molecule has 19 heavy (non-hydrogen) atoms. The lowest BCUT2D eigenvalue weighted by Crippen LogP contribution is -2.34. The minimum Gasteiger partial charge on any atom is -0.456 e. The Morgan fingerprint density at radius 1 is 1.32 bits per heavy atom. The van der Waals surface area contributed by atoms with E-state index in [4.69, 9.17) is 4.74 Å². The van der Waals surface area contributed by atoms with Gasteiger partial charge in [-0.15, -0.1) is 0 Å². The third-order valence-electron chi connectivity index (χ3n) is 2.53. The molecule has 0 spiro atoms.